The molecule has 0 bridgehead atoms. The molecule has 0 spiro atoms. The molecule has 108 valence electrons. The summed E-state index contributed by atoms with van der Waals surface area (Å²) in [5.41, 5.74) is -0.823. The summed E-state index contributed by atoms with van der Waals surface area (Å²) in [6.45, 7) is 1.68. The van der Waals surface area contributed by atoms with Crippen LogP contribution >= 0.6 is 0 Å². The Balaban J connectivity index is 2.86. The van der Waals surface area contributed by atoms with Crippen LogP contribution in [0.5, 0.6) is 0 Å². The van der Waals surface area contributed by atoms with Gasteiger partial charge in [0.1, 0.15) is 5.82 Å². The number of carbonyl (C=O) groups excluding carboxylic acids is 1. The van der Waals surface area contributed by atoms with Crippen molar-refractivity contribution in [3.8, 4) is 0 Å². The fourth-order valence-electron chi connectivity index (χ4n) is 1.57. The molecule has 0 aliphatic heterocycles. The van der Waals surface area contributed by atoms with Gasteiger partial charge in [-0.25, -0.2) is 4.39 Å². The van der Waals surface area contributed by atoms with Crippen molar-refractivity contribution in [2.24, 2.45) is 0 Å². The second kappa shape index (κ2) is 6.60. The molecule has 1 amide bonds. The Morgan fingerprint density at radius 3 is 2.60 bits per heavy atom. The summed E-state index contributed by atoms with van der Waals surface area (Å²) >= 11 is 0. The van der Waals surface area contributed by atoms with Gasteiger partial charge in [-0.15, -0.1) is 0 Å². The third-order valence-corrected chi connectivity index (χ3v) is 2.66. The van der Waals surface area contributed by atoms with Crippen molar-refractivity contribution >= 4 is 17.6 Å². The summed E-state index contributed by atoms with van der Waals surface area (Å²) in [4.78, 5) is 32.0. The van der Waals surface area contributed by atoms with Gasteiger partial charge in [0.15, 0.2) is 0 Å². The molecule has 0 radical (unpaired) electrons. The van der Waals surface area contributed by atoms with Crippen molar-refractivity contribution in [2.45, 2.75) is 25.8 Å². The number of amides is 1. The van der Waals surface area contributed by atoms with Crippen LogP contribution in [0.15, 0.2) is 18.2 Å². The number of hydrogen-bond acceptors (Lipinski definition) is 4. The Morgan fingerprint density at radius 1 is 1.50 bits per heavy atom. The highest BCUT2D eigenvalue weighted by Crippen LogP contribution is 2.16. The molecule has 0 heterocycles. The minimum Gasteiger partial charge on any atom is -0.481 e. The number of nitrogens with zero attached hydrogens (tertiary/aromatic N) is 1. The highest BCUT2D eigenvalue weighted by molar-refractivity contribution is 5.95. The number of nitro benzene ring substituents is 1. The van der Waals surface area contributed by atoms with E-state index in [0.29, 0.717) is 12.5 Å². The predicted molar refractivity (Wildman–Crippen MR) is 66.9 cm³/mol. The minimum atomic E-state index is -1.08. The smallest absolute Gasteiger partial charge is 0.305 e. The lowest BCUT2D eigenvalue weighted by molar-refractivity contribution is -0.385. The van der Waals surface area contributed by atoms with Crippen LogP contribution in [0, 0.1) is 15.9 Å². The maximum atomic E-state index is 13.6. The molecule has 0 fully saturated rings. The van der Waals surface area contributed by atoms with E-state index >= 15 is 0 Å². The summed E-state index contributed by atoms with van der Waals surface area (Å²) < 4.78 is 13.6. The number of nitrogens with one attached hydrogen (secondary N) is 1. The number of carboxylic acid groups (broad SMARTS) is 1. The normalized spacial score (nSPS) is 11.7. The van der Waals surface area contributed by atoms with Crippen LogP contribution in [-0.4, -0.2) is 27.9 Å². The largest absolute Gasteiger partial charge is 0.481 e. The zero-order valence-electron chi connectivity index (χ0n) is 10.6. The Hall–Kier alpha value is -2.51. The zero-order chi connectivity index (χ0) is 15.3. The molecule has 1 aromatic rings. The van der Waals surface area contributed by atoms with Crippen LogP contribution < -0.4 is 5.32 Å². The number of benzene rings is 1. The summed E-state index contributed by atoms with van der Waals surface area (Å²) in [5.74, 6) is -2.91. The van der Waals surface area contributed by atoms with Crippen LogP contribution in [-0.2, 0) is 4.79 Å². The Bertz CT molecular complexity index is 547. The molecule has 0 aliphatic carbocycles. The Morgan fingerprint density at radius 2 is 2.15 bits per heavy atom. The third-order valence-electron chi connectivity index (χ3n) is 2.66. The van der Waals surface area contributed by atoms with Crippen LogP contribution in [0.2, 0.25) is 0 Å². The van der Waals surface area contributed by atoms with E-state index < -0.39 is 34.3 Å². The number of rotatable bonds is 6. The van der Waals surface area contributed by atoms with Gasteiger partial charge in [0, 0.05) is 12.1 Å². The first-order valence-corrected chi connectivity index (χ1v) is 5.81. The van der Waals surface area contributed by atoms with E-state index in [0.717, 1.165) is 12.1 Å². The fourth-order valence-corrected chi connectivity index (χ4v) is 1.57. The second-order valence-corrected chi connectivity index (χ2v) is 4.10. The highest BCUT2D eigenvalue weighted by Gasteiger charge is 2.19. The van der Waals surface area contributed by atoms with Crippen molar-refractivity contribution in [1.82, 2.24) is 5.32 Å². The summed E-state index contributed by atoms with van der Waals surface area (Å²) in [6.07, 6.45) is 0.0868. The van der Waals surface area contributed by atoms with Gasteiger partial charge >= 0.3 is 5.97 Å². The molecular formula is C12H13FN2O5. The van der Waals surface area contributed by atoms with Crippen molar-refractivity contribution in [3.05, 3.63) is 39.7 Å². The fraction of sp³-hybridized carbons (Fsp3) is 0.333. The number of carbonyl (C=O) groups is 2. The quantitative estimate of drug-likeness (QED) is 0.610. The number of aliphatic carboxylic acids is 1. The van der Waals surface area contributed by atoms with Crippen LogP contribution in [0.4, 0.5) is 10.1 Å². The average Bonchev–Trinajstić information content (AvgIpc) is 2.36. The van der Waals surface area contributed by atoms with Gasteiger partial charge in [-0.3, -0.25) is 19.7 Å². The van der Waals surface area contributed by atoms with Gasteiger partial charge in [0.25, 0.3) is 11.6 Å². The van der Waals surface area contributed by atoms with E-state index in [-0.39, 0.29) is 12.0 Å². The van der Waals surface area contributed by atoms with Crippen molar-refractivity contribution in [1.29, 1.82) is 0 Å². The molecule has 7 nitrogen and oxygen atoms in total. The topological polar surface area (TPSA) is 110 Å². The first-order chi connectivity index (χ1) is 9.35. The number of hydrogen-bond donors (Lipinski definition) is 2. The Labute approximate surface area is 113 Å². The lowest BCUT2D eigenvalue weighted by Gasteiger charge is -2.14. The molecule has 1 aromatic carbocycles. The van der Waals surface area contributed by atoms with E-state index in [1.165, 1.54) is 0 Å². The van der Waals surface area contributed by atoms with Crippen molar-refractivity contribution in [2.75, 3.05) is 0 Å². The molecule has 1 rings (SSSR count). The average molecular weight is 284 g/mol. The standard InChI is InChI=1S/C12H13FN2O5/c1-2-7(5-11(16)17)14-12(18)9-4-3-8(15(19)20)6-10(9)13/h3-4,6-7H,2,5H2,1H3,(H,14,18)(H,16,17). The van der Waals surface area contributed by atoms with E-state index in [1.807, 2.05) is 0 Å². The molecule has 2 N–H and O–H groups in total. The van der Waals surface area contributed by atoms with Crippen molar-refractivity contribution in [3.63, 3.8) is 0 Å². The van der Waals surface area contributed by atoms with Crippen LogP contribution in [0.3, 0.4) is 0 Å². The van der Waals surface area contributed by atoms with Gasteiger partial charge in [-0.1, -0.05) is 6.92 Å². The summed E-state index contributed by atoms with van der Waals surface area (Å²) in [7, 11) is 0. The number of halogens is 1. The molecule has 1 unspecified atom stereocenters. The SMILES string of the molecule is CCC(CC(=O)O)NC(=O)c1ccc([N+](=O)[O-])cc1F. The number of carboxylic acids is 1. The number of non-ortho nitro benzene ring substituents is 1. The first-order valence-electron chi connectivity index (χ1n) is 5.81. The second-order valence-electron chi connectivity index (χ2n) is 4.10. The summed E-state index contributed by atoms with van der Waals surface area (Å²) in [5, 5.41) is 21.5. The van der Waals surface area contributed by atoms with Gasteiger partial charge in [-0.2, -0.15) is 0 Å². The number of nitro groups is 1. The maximum absolute atomic E-state index is 13.6. The van der Waals surface area contributed by atoms with E-state index in [1.54, 1.807) is 6.92 Å². The van der Waals surface area contributed by atoms with Crippen LogP contribution in [0.1, 0.15) is 30.1 Å². The van der Waals surface area contributed by atoms with E-state index in [9.17, 15) is 24.1 Å². The van der Waals surface area contributed by atoms with E-state index in [4.69, 9.17) is 5.11 Å². The minimum absolute atomic E-state index is 0.281. The van der Waals surface area contributed by atoms with Gasteiger partial charge in [0.2, 0.25) is 0 Å². The molecule has 0 saturated carbocycles. The van der Waals surface area contributed by atoms with Gasteiger partial charge in [-0.05, 0) is 12.5 Å². The maximum Gasteiger partial charge on any atom is 0.305 e. The molecule has 0 saturated heterocycles. The van der Waals surface area contributed by atoms with Gasteiger partial charge in [0.05, 0.1) is 23.0 Å². The summed E-state index contributed by atoms with van der Waals surface area (Å²) in [6, 6.07) is 2.02. The predicted octanol–water partition coefficient (Wildman–Crippen LogP) is 1.72. The lowest BCUT2D eigenvalue weighted by atomic mass is 10.1. The lowest BCUT2D eigenvalue weighted by Crippen LogP contribution is -2.36. The molecule has 0 aliphatic rings. The third kappa shape index (κ3) is 4.01. The zero-order valence-corrected chi connectivity index (χ0v) is 10.6. The van der Waals surface area contributed by atoms with Crippen LogP contribution in [0.25, 0.3) is 0 Å². The molecule has 1 atom stereocenters. The van der Waals surface area contributed by atoms with E-state index in [2.05, 4.69) is 5.32 Å². The molecule has 8 heteroatoms. The Kier molecular flexibility index (Phi) is 5.13. The molecular weight excluding hydrogens is 271 g/mol. The molecule has 20 heavy (non-hydrogen) atoms. The first kappa shape index (κ1) is 15.5. The van der Waals surface area contributed by atoms with Gasteiger partial charge < -0.3 is 10.4 Å². The molecule has 0 aromatic heterocycles. The monoisotopic (exact) mass is 284 g/mol. The van der Waals surface area contributed by atoms with Crippen molar-refractivity contribution < 1.29 is 24.0 Å². The highest BCUT2D eigenvalue weighted by atomic mass is 19.1.